The van der Waals surface area contributed by atoms with Gasteiger partial charge in [-0.3, -0.25) is 14.7 Å². The van der Waals surface area contributed by atoms with Crippen molar-refractivity contribution in [3.63, 3.8) is 0 Å². The van der Waals surface area contributed by atoms with Gasteiger partial charge in [-0.1, -0.05) is 0 Å². The zero-order valence-corrected chi connectivity index (χ0v) is 15.3. The number of aromatic nitrogens is 2. The Kier molecular flexibility index (Phi) is 4.52. The Morgan fingerprint density at radius 1 is 1.10 bits per heavy atom. The second-order valence-electron chi connectivity index (χ2n) is 6.53. The van der Waals surface area contributed by atoms with Gasteiger partial charge in [0.15, 0.2) is 23.7 Å². The number of nitrogens with zero attached hydrogens (tertiary/aromatic N) is 4. The molecule has 11 heteroatoms. The molecule has 0 saturated heterocycles. The van der Waals surface area contributed by atoms with Gasteiger partial charge < -0.3 is 10.2 Å². The lowest BCUT2D eigenvalue weighted by molar-refractivity contribution is -0.129. The number of benzene rings is 1. The van der Waals surface area contributed by atoms with Gasteiger partial charge in [0.2, 0.25) is 0 Å². The van der Waals surface area contributed by atoms with E-state index in [0.29, 0.717) is 6.07 Å². The number of aliphatic imine (C=N–C) groups is 1. The number of likely N-dealkylation sites (N-methyl/N-ethyl adjacent to an activating group) is 1. The first-order chi connectivity index (χ1) is 14.3. The van der Waals surface area contributed by atoms with Crippen molar-refractivity contribution in [1.82, 2.24) is 14.9 Å². The van der Waals surface area contributed by atoms with Crippen molar-refractivity contribution in [2.45, 2.75) is 12.0 Å². The van der Waals surface area contributed by atoms with Crippen LogP contribution in [0.25, 0.3) is 11.3 Å². The van der Waals surface area contributed by atoms with Crippen LogP contribution in [0.2, 0.25) is 0 Å². The van der Waals surface area contributed by atoms with Crippen LogP contribution in [0.1, 0.15) is 23.1 Å². The summed E-state index contributed by atoms with van der Waals surface area (Å²) in [4.78, 5) is 25.7. The van der Waals surface area contributed by atoms with Crippen LogP contribution in [-0.4, -0.2) is 33.8 Å². The van der Waals surface area contributed by atoms with Crippen LogP contribution in [0.15, 0.2) is 52.6 Å². The van der Waals surface area contributed by atoms with Crippen LogP contribution in [0, 0.1) is 11.6 Å². The summed E-state index contributed by atoms with van der Waals surface area (Å²) < 4.78 is 61.0. The minimum absolute atomic E-state index is 0.0286. The van der Waals surface area contributed by atoms with Gasteiger partial charge in [-0.15, -0.1) is 0 Å². The molecule has 0 bridgehead atoms. The van der Waals surface area contributed by atoms with Crippen LogP contribution >= 0.6 is 0 Å². The van der Waals surface area contributed by atoms with Crippen LogP contribution in [0.3, 0.4) is 0 Å². The molecule has 0 radical (unpaired) electrons. The molecule has 154 valence electrons. The standard InChI is InChI=1S/C19H13F4N5O2/c1-28-17(29)19(27-18(28)24,10-2-9(16(22)23)5-25-6-10)12-3-11(13(20)4-14(12)21)15-7-26-8-30-15/h2-8,16H,1H3,(H2,24,27). The molecular weight excluding hydrogens is 406 g/mol. The van der Waals surface area contributed by atoms with E-state index in [9.17, 15) is 18.0 Å². The summed E-state index contributed by atoms with van der Waals surface area (Å²) in [5, 5.41) is 0. The fourth-order valence-electron chi connectivity index (χ4n) is 3.30. The zero-order valence-electron chi connectivity index (χ0n) is 15.3. The van der Waals surface area contributed by atoms with Crippen molar-refractivity contribution >= 4 is 11.9 Å². The van der Waals surface area contributed by atoms with E-state index in [0.717, 1.165) is 35.8 Å². The van der Waals surface area contributed by atoms with Crippen LogP contribution in [-0.2, 0) is 10.3 Å². The van der Waals surface area contributed by atoms with Crippen molar-refractivity contribution in [2.75, 3.05) is 7.05 Å². The van der Waals surface area contributed by atoms with Gasteiger partial charge in [-0.25, -0.2) is 27.5 Å². The number of carbonyl (C=O) groups excluding carboxylic acids is 1. The van der Waals surface area contributed by atoms with E-state index < -0.39 is 40.6 Å². The van der Waals surface area contributed by atoms with Gasteiger partial charge in [-0.2, -0.15) is 0 Å². The van der Waals surface area contributed by atoms with Crippen molar-refractivity contribution in [3.8, 4) is 11.3 Å². The third-order valence-corrected chi connectivity index (χ3v) is 4.81. The number of pyridine rings is 1. The third kappa shape index (κ3) is 2.81. The first-order valence-corrected chi connectivity index (χ1v) is 8.51. The van der Waals surface area contributed by atoms with Crippen molar-refractivity contribution in [3.05, 3.63) is 71.5 Å². The van der Waals surface area contributed by atoms with Gasteiger partial charge in [0, 0.05) is 42.2 Å². The van der Waals surface area contributed by atoms with Gasteiger partial charge >= 0.3 is 0 Å². The lowest BCUT2D eigenvalue weighted by Crippen LogP contribution is -2.41. The fraction of sp³-hybridized carbons (Fsp3) is 0.158. The molecule has 1 aromatic carbocycles. The molecule has 7 nitrogen and oxygen atoms in total. The van der Waals surface area contributed by atoms with E-state index in [1.165, 1.54) is 13.2 Å². The maximum atomic E-state index is 15.0. The van der Waals surface area contributed by atoms with Crippen molar-refractivity contribution < 1.29 is 26.8 Å². The molecule has 0 saturated carbocycles. The molecular formula is C19H13F4N5O2. The SMILES string of the molecule is CN1C(=O)C(c2cncc(C(F)F)c2)(c2cc(-c3cnco3)c(F)cc2F)N=C1N. The quantitative estimate of drug-likeness (QED) is 0.656. The van der Waals surface area contributed by atoms with E-state index in [-0.39, 0.29) is 22.8 Å². The smallest absolute Gasteiger partial charge is 0.266 e. The predicted octanol–water partition coefficient (Wildman–Crippen LogP) is 2.98. The molecule has 0 fully saturated rings. The average molecular weight is 419 g/mol. The maximum absolute atomic E-state index is 15.0. The molecule has 2 N–H and O–H groups in total. The van der Waals surface area contributed by atoms with E-state index >= 15 is 4.39 Å². The maximum Gasteiger partial charge on any atom is 0.266 e. The second kappa shape index (κ2) is 6.94. The van der Waals surface area contributed by atoms with E-state index in [2.05, 4.69) is 15.0 Å². The Morgan fingerprint density at radius 3 is 2.47 bits per heavy atom. The topological polar surface area (TPSA) is 97.6 Å². The van der Waals surface area contributed by atoms with Crippen LogP contribution in [0.5, 0.6) is 0 Å². The molecule has 3 heterocycles. The molecule has 1 unspecified atom stereocenters. The van der Waals surface area contributed by atoms with E-state index in [4.69, 9.17) is 10.2 Å². The molecule has 1 amide bonds. The number of carbonyl (C=O) groups is 1. The van der Waals surface area contributed by atoms with E-state index in [1.54, 1.807) is 0 Å². The average Bonchev–Trinajstić information content (AvgIpc) is 3.32. The molecule has 1 aliphatic rings. The highest BCUT2D eigenvalue weighted by molar-refractivity contribution is 6.09. The molecule has 0 aliphatic carbocycles. The Labute approximate surface area is 166 Å². The van der Waals surface area contributed by atoms with Crippen LogP contribution < -0.4 is 5.73 Å². The first-order valence-electron chi connectivity index (χ1n) is 8.51. The minimum Gasteiger partial charge on any atom is -0.443 e. The van der Waals surface area contributed by atoms with Gasteiger partial charge in [0.25, 0.3) is 12.3 Å². The Bertz CT molecular complexity index is 1170. The highest BCUT2D eigenvalue weighted by atomic mass is 19.3. The van der Waals surface area contributed by atoms with Crippen LogP contribution in [0.4, 0.5) is 17.6 Å². The van der Waals surface area contributed by atoms with E-state index in [1.807, 2.05) is 0 Å². The number of amides is 1. The molecule has 1 aliphatic heterocycles. The minimum atomic E-state index is -2.90. The summed E-state index contributed by atoms with van der Waals surface area (Å²) in [5.41, 5.74) is 2.37. The Hall–Kier alpha value is -3.76. The van der Waals surface area contributed by atoms with Crippen molar-refractivity contribution in [2.24, 2.45) is 10.7 Å². The molecule has 0 spiro atoms. The third-order valence-electron chi connectivity index (χ3n) is 4.81. The number of hydrogen-bond acceptors (Lipinski definition) is 6. The fourth-order valence-corrected chi connectivity index (χ4v) is 3.30. The second-order valence-corrected chi connectivity index (χ2v) is 6.53. The number of nitrogens with two attached hydrogens (primary N) is 1. The molecule has 4 rings (SSSR count). The summed E-state index contributed by atoms with van der Waals surface area (Å²) in [5.74, 6) is -3.22. The lowest BCUT2D eigenvalue weighted by Gasteiger charge is -2.27. The highest BCUT2D eigenvalue weighted by Gasteiger charge is 2.51. The summed E-state index contributed by atoms with van der Waals surface area (Å²) in [7, 11) is 1.30. The Balaban J connectivity index is 2.03. The summed E-state index contributed by atoms with van der Waals surface area (Å²) in [6, 6.07) is 2.56. The summed E-state index contributed by atoms with van der Waals surface area (Å²) >= 11 is 0. The van der Waals surface area contributed by atoms with Gasteiger partial charge in [0.1, 0.15) is 11.6 Å². The number of halogens is 4. The summed E-state index contributed by atoms with van der Waals surface area (Å²) in [6.07, 6.45) is 1.38. The molecule has 3 aromatic rings. The number of oxazole rings is 1. The molecule has 30 heavy (non-hydrogen) atoms. The first kappa shape index (κ1) is 19.6. The van der Waals surface area contributed by atoms with Gasteiger partial charge in [0.05, 0.1) is 11.8 Å². The Morgan fingerprint density at radius 2 is 1.87 bits per heavy atom. The normalized spacial score (nSPS) is 18.9. The largest absolute Gasteiger partial charge is 0.443 e. The zero-order chi connectivity index (χ0) is 21.6. The van der Waals surface area contributed by atoms with Gasteiger partial charge in [-0.05, 0) is 12.1 Å². The number of hydrogen-bond donors (Lipinski definition) is 1. The number of guanidine groups is 1. The predicted molar refractivity (Wildman–Crippen MR) is 96.2 cm³/mol. The number of rotatable bonds is 4. The van der Waals surface area contributed by atoms with Crippen molar-refractivity contribution in [1.29, 1.82) is 0 Å². The molecule has 2 aromatic heterocycles. The molecule has 1 atom stereocenters. The summed E-state index contributed by atoms with van der Waals surface area (Å²) in [6.45, 7) is 0. The number of alkyl halides is 2. The highest BCUT2D eigenvalue weighted by Crippen LogP contribution is 2.42. The monoisotopic (exact) mass is 419 g/mol. The lowest BCUT2D eigenvalue weighted by atomic mass is 9.82.